The Kier molecular flexibility index (Phi) is 9.93. The molecule has 0 spiro atoms. The molecule has 158 valence electrons. The molecule has 1 saturated heterocycles. The van der Waals surface area contributed by atoms with Crippen molar-refractivity contribution < 1.29 is 18.9 Å². The topological polar surface area (TPSA) is 64.6 Å². The van der Waals surface area contributed by atoms with Gasteiger partial charge >= 0.3 is 0 Å². The van der Waals surface area contributed by atoms with Crippen LogP contribution >= 0.6 is 0 Å². The summed E-state index contributed by atoms with van der Waals surface area (Å²) in [4.78, 5) is 7.10. The predicted octanol–water partition coefficient (Wildman–Crippen LogP) is 2.41. The first-order valence-electron chi connectivity index (χ1n) is 10.1. The van der Waals surface area contributed by atoms with Crippen LogP contribution in [0.1, 0.15) is 20.3 Å². The molecule has 0 aliphatic carbocycles. The first kappa shape index (κ1) is 22.3. The lowest BCUT2D eigenvalue weighted by Gasteiger charge is -2.22. The smallest absolute Gasteiger partial charge is 0.194 e. The monoisotopic (exact) mass is 393 g/mol. The second kappa shape index (κ2) is 12.5. The van der Waals surface area contributed by atoms with Crippen LogP contribution in [0.4, 0.5) is 0 Å². The van der Waals surface area contributed by atoms with Crippen molar-refractivity contribution in [1.29, 1.82) is 0 Å². The van der Waals surface area contributed by atoms with Crippen molar-refractivity contribution >= 4 is 5.96 Å². The van der Waals surface area contributed by atoms with Gasteiger partial charge in [-0.3, -0.25) is 0 Å². The molecule has 1 heterocycles. The van der Waals surface area contributed by atoms with Gasteiger partial charge in [0.15, 0.2) is 5.96 Å². The van der Waals surface area contributed by atoms with Gasteiger partial charge in [-0.25, -0.2) is 4.99 Å². The van der Waals surface area contributed by atoms with Gasteiger partial charge in [-0.15, -0.1) is 0 Å². The van der Waals surface area contributed by atoms with E-state index in [4.69, 9.17) is 23.9 Å². The largest absolute Gasteiger partial charge is 0.497 e. The van der Waals surface area contributed by atoms with Crippen LogP contribution in [0.25, 0.3) is 0 Å². The highest BCUT2D eigenvalue weighted by Gasteiger charge is 2.25. The number of hydrogen-bond donors (Lipinski definition) is 1. The molecule has 1 aromatic rings. The molecule has 1 aliphatic rings. The van der Waals surface area contributed by atoms with Crippen LogP contribution in [0.5, 0.6) is 11.5 Å². The fraction of sp³-hybridized carbons (Fsp3) is 0.667. The van der Waals surface area contributed by atoms with Crippen LogP contribution < -0.4 is 14.8 Å². The molecule has 0 radical (unpaired) electrons. The highest BCUT2D eigenvalue weighted by molar-refractivity contribution is 5.80. The number of likely N-dealkylation sites (tertiary alicyclic amines) is 1. The number of guanidine groups is 1. The molecule has 1 aromatic carbocycles. The summed E-state index contributed by atoms with van der Waals surface area (Å²) < 4.78 is 21.9. The molecule has 7 nitrogen and oxygen atoms in total. The van der Waals surface area contributed by atoms with Gasteiger partial charge in [0, 0.05) is 38.7 Å². The Bertz CT molecular complexity index is 597. The molecule has 0 bridgehead atoms. The first-order valence-corrected chi connectivity index (χ1v) is 10.1. The van der Waals surface area contributed by atoms with Gasteiger partial charge < -0.3 is 29.2 Å². The van der Waals surface area contributed by atoms with Crippen LogP contribution in [0, 0.1) is 5.92 Å². The lowest BCUT2D eigenvalue weighted by Crippen LogP contribution is -2.41. The number of nitrogens with one attached hydrogen (secondary N) is 1. The Balaban J connectivity index is 1.84. The van der Waals surface area contributed by atoms with Crippen molar-refractivity contribution in [3.05, 3.63) is 24.3 Å². The van der Waals surface area contributed by atoms with Crippen molar-refractivity contribution in [2.24, 2.45) is 10.9 Å². The van der Waals surface area contributed by atoms with E-state index in [9.17, 15) is 0 Å². The van der Waals surface area contributed by atoms with Gasteiger partial charge in [-0.2, -0.15) is 0 Å². The van der Waals surface area contributed by atoms with E-state index in [1.807, 2.05) is 31.2 Å². The fourth-order valence-electron chi connectivity index (χ4n) is 3.14. The molecule has 1 N–H and O–H groups in total. The minimum absolute atomic E-state index is 0.0310. The third kappa shape index (κ3) is 7.56. The Labute approximate surface area is 169 Å². The quantitative estimate of drug-likeness (QED) is 0.354. The third-order valence-corrected chi connectivity index (χ3v) is 4.58. The van der Waals surface area contributed by atoms with Crippen LogP contribution in [0.15, 0.2) is 29.3 Å². The third-order valence-electron chi connectivity index (χ3n) is 4.58. The minimum Gasteiger partial charge on any atom is -0.497 e. The van der Waals surface area contributed by atoms with E-state index in [0.29, 0.717) is 25.7 Å². The number of ether oxygens (including phenoxy) is 4. The zero-order valence-corrected chi connectivity index (χ0v) is 17.6. The van der Waals surface area contributed by atoms with Gasteiger partial charge in [-0.05, 0) is 32.4 Å². The minimum atomic E-state index is -0.0310. The van der Waals surface area contributed by atoms with Gasteiger partial charge in [0.25, 0.3) is 0 Å². The zero-order chi connectivity index (χ0) is 20.2. The van der Waals surface area contributed by atoms with E-state index in [0.717, 1.165) is 50.1 Å². The van der Waals surface area contributed by atoms with E-state index in [1.54, 1.807) is 14.2 Å². The van der Waals surface area contributed by atoms with E-state index in [1.165, 1.54) is 0 Å². The summed E-state index contributed by atoms with van der Waals surface area (Å²) in [5.41, 5.74) is 0. The van der Waals surface area contributed by atoms with Gasteiger partial charge in [-0.1, -0.05) is 6.07 Å². The maximum absolute atomic E-state index is 5.98. The molecule has 0 amide bonds. The second-order valence-corrected chi connectivity index (χ2v) is 6.97. The highest BCUT2D eigenvalue weighted by atomic mass is 16.5. The Morgan fingerprint density at radius 2 is 2.11 bits per heavy atom. The van der Waals surface area contributed by atoms with Crippen molar-refractivity contribution in [1.82, 2.24) is 10.2 Å². The first-order chi connectivity index (χ1) is 13.7. The van der Waals surface area contributed by atoms with E-state index < -0.39 is 0 Å². The number of hydrogen-bond acceptors (Lipinski definition) is 5. The summed E-state index contributed by atoms with van der Waals surface area (Å²) in [6.45, 7) is 9.58. The Morgan fingerprint density at radius 1 is 1.29 bits per heavy atom. The van der Waals surface area contributed by atoms with E-state index in [2.05, 4.69) is 17.1 Å². The van der Waals surface area contributed by atoms with Crippen molar-refractivity contribution in [3.63, 3.8) is 0 Å². The summed E-state index contributed by atoms with van der Waals surface area (Å²) in [6, 6.07) is 7.65. The molecule has 7 heteroatoms. The molecule has 0 aromatic heterocycles. The van der Waals surface area contributed by atoms with Gasteiger partial charge in [0.2, 0.25) is 0 Å². The average molecular weight is 394 g/mol. The normalized spacial score (nSPS) is 18.2. The molecule has 2 unspecified atom stereocenters. The van der Waals surface area contributed by atoms with Crippen LogP contribution in [0.2, 0.25) is 0 Å². The molecule has 1 aliphatic heterocycles. The van der Waals surface area contributed by atoms with Crippen molar-refractivity contribution in [3.8, 4) is 11.5 Å². The molecule has 0 saturated carbocycles. The number of methoxy groups -OCH3 is 2. The predicted molar refractivity (Wildman–Crippen MR) is 111 cm³/mol. The number of nitrogens with zero attached hydrogens (tertiary/aromatic N) is 2. The van der Waals surface area contributed by atoms with E-state index in [-0.39, 0.29) is 6.10 Å². The van der Waals surface area contributed by atoms with E-state index >= 15 is 0 Å². The molecular formula is C21H35N3O4. The zero-order valence-electron chi connectivity index (χ0n) is 17.6. The molecule has 28 heavy (non-hydrogen) atoms. The molecule has 1 fully saturated rings. The SMILES string of the molecule is CCNC(=NCC(C)Oc1cccc(OC)c1)N1CCC(COCCOC)C1. The molecule has 2 atom stereocenters. The van der Waals surface area contributed by atoms with Gasteiger partial charge in [0.1, 0.15) is 17.6 Å². The van der Waals surface area contributed by atoms with Gasteiger partial charge in [0.05, 0.1) is 33.5 Å². The average Bonchev–Trinajstić information content (AvgIpc) is 3.17. The Morgan fingerprint density at radius 3 is 2.86 bits per heavy atom. The molecular weight excluding hydrogens is 358 g/mol. The second-order valence-electron chi connectivity index (χ2n) is 6.97. The Hall–Kier alpha value is -1.99. The van der Waals surface area contributed by atoms with Crippen LogP contribution in [-0.4, -0.2) is 77.2 Å². The number of aliphatic imine (C=N–C) groups is 1. The summed E-state index contributed by atoms with van der Waals surface area (Å²) in [6.07, 6.45) is 1.09. The van der Waals surface area contributed by atoms with Crippen molar-refractivity contribution in [2.45, 2.75) is 26.4 Å². The summed E-state index contributed by atoms with van der Waals surface area (Å²) in [7, 11) is 3.35. The summed E-state index contributed by atoms with van der Waals surface area (Å²) in [5.74, 6) is 3.06. The van der Waals surface area contributed by atoms with Crippen LogP contribution in [-0.2, 0) is 9.47 Å². The fourth-order valence-corrected chi connectivity index (χ4v) is 3.14. The number of rotatable bonds is 11. The highest BCUT2D eigenvalue weighted by Crippen LogP contribution is 2.20. The van der Waals surface area contributed by atoms with Crippen molar-refractivity contribution in [2.75, 3.05) is 60.2 Å². The molecule has 2 rings (SSSR count). The summed E-state index contributed by atoms with van der Waals surface area (Å²) in [5, 5.41) is 3.40. The summed E-state index contributed by atoms with van der Waals surface area (Å²) >= 11 is 0. The lowest BCUT2D eigenvalue weighted by molar-refractivity contribution is 0.0536. The lowest BCUT2D eigenvalue weighted by atomic mass is 10.1. The maximum Gasteiger partial charge on any atom is 0.194 e. The standard InChI is InChI=1S/C21H35N3O4/c1-5-22-21(24-10-9-18(15-24)16-27-12-11-25-3)23-14-17(2)28-20-8-6-7-19(13-20)26-4/h6-8,13,17-18H,5,9-12,14-16H2,1-4H3,(H,22,23). The van der Waals surface area contributed by atoms with Crippen LogP contribution in [0.3, 0.4) is 0 Å². The number of benzene rings is 1. The maximum atomic E-state index is 5.98.